The average molecular weight is 500 g/mol. The fraction of sp³-hybridized carbons (Fsp3) is 0.481. The van der Waals surface area contributed by atoms with Gasteiger partial charge in [-0.3, -0.25) is 19.8 Å². The number of aromatic hydroxyl groups is 1. The molecule has 6 nitrogen and oxygen atoms in total. The number of rotatable bonds is 6. The Morgan fingerprint density at radius 2 is 1.50 bits per heavy atom. The fourth-order valence-electron chi connectivity index (χ4n) is 5.23. The lowest BCUT2D eigenvalue weighted by Crippen LogP contribution is -2.30. The van der Waals surface area contributed by atoms with Gasteiger partial charge < -0.3 is 10.4 Å². The van der Waals surface area contributed by atoms with Gasteiger partial charge in [-0.05, 0) is 81.7 Å². The summed E-state index contributed by atoms with van der Waals surface area (Å²) >= 11 is 0. The summed E-state index contributed by atoms with van der Waals surface area (Å²) in [6.07, 6.45) is 4.99. The SMILES string of the molecule is Oc1c(CN2CCCCC2)cc(CN2CCCCC2)cc1Nc1ccnc2cc(C(F)(F)F)cnc12. The van der Waals surface area contributed by atoms with Crippen LogP contribution in [0.5, 0.6) is 5.75 Å². The zero-order valence-electron chi connectivity index (χ0n) is 20.3. The molecule has 5 rings (SSSR count). The van der Waals surface area contributed by atoms with Crippen LogP contribution in [0.2, 0.25) is 0 Å². The van der Waals surface area contributed by atoms with E-state index in [0.717, 1.165) is 69.0 Å². The molecule has 0 aliphatic carbocycles. The molecular weight excluding hydrogens is 467 g/mol. The maximum atomic E-state index is 13.2. The lowest BCUT2D eigenvalue weighted by Gasteiger charge is -2.29. The van der Waals surface area contributed by atoms with Crippen molar-refractivity contribution < 1.29 is 18.3 Å². The molecule has 2 saturated heterocycles. The van der Waals surface area contributed by atoms with Crippen molar-refractivity contribution in [3.05, 3.63) is 53.3 Å². The summed E-state index contributed by atoms with van der Waals surface area (Å²) in [5.74, 6) is 0.167. The van der Waals surface area contributed by atoms with Gasteiger partial charge in [0.1, 0.15) is 11.3 Å². The number of likely N-dealkylation sites (tertiary alicyclic amines) is 2. The molecule has 0 atom stereocenters. The van der Waals surface area contributed by atoms with Gasteiger partial charge in [0, 0.05) is 31.0 Å². The van der Waals surface area contributed by atoms with Crippen LogP contribution in [0.1, 0.15) is 55.2 Å². The third-order valence-electron chi connectivity index (χ3n) is 7.12. The number of alkyl halides is 3. The molecule has 192 valence electrons. The lowest BCUT2D eigenvalue weighted by atomic mass is 10.0. The third-order valence-corrected chi connectivity index (χ3v) is 7.12. The van der Waals surface area contributed by atoms with Gasteiger partial charge in [0.05, 0.1) is 22.5 Å². The topological polar surface area (TPSA) is 64.5 Å². The van der Waals surface area contributed by atoms with E-state index in [4.69, 9.17) is 0 Å². The molecule has 2 aliphatic heterocycles. The van der Waals surface area contributed by atoms with Crippen LogP contribution in [0, 0.1) is 0 Å². The monoisotopic (exact) mass is 499 g/mol. The van der Waals surface area contributed by atoms with Crippen LogP contribution in [-0.4, -0.2) is 51.1 Å². The predicted octanol–water partition coefficient (Wildman–Crippen LogP) is 6.07. The smallest absolute Gasteiger partial charge is 0.417 e. The first-order valence-corrected chi connectivity index (χ1v) is 12.8. The third kappa shape index (κ3) is 5.73. The molecule has 0 amide bonds. The first kappa shape index (κ1) is 24.8. The van der Waals surface area contributed by atoms with Gasteiger partial charge in [-0.2, -0.15) is 13.2 Å². The summed E-state index contributed by atoms with van der Waals surface area (Å²) in [4.78, 5) is 13.0. The molecule has 2 fully saturated rings. The van der Waals surface area contributed by atoms with Gasteiger partial charge in [-0.1, -0.05) is 12.8 Å². The molecule has 2 N–H and O–H groups in total. The number of phenolic OH excluding ortho intramolecular Hbond substituents is 1. The summed E-state index contributed by atoms with van der Waals surface area (Å²) in [5.41, 5.74) is 2.63. The van der Waals surface area contributed by atoms with E-state index in [0.29, 0.717) is 23.4 Å². The first-order valence-electron chi connectivity index (χ1n) is 12.8. The summed E-state index contributed by atoms with van der Waals surface area (Å²) in [6, 6.07) is 6.72. The van der Waals surface area contributed by atoms with Crippen molar-refractivity contribution in [2.75, 3.05) is 31.5 Å². The second kappa shape index (κ2) is 10.6. The minimum absolute atomic E-state index is 0.146. The van der Waals surface area contributed by atoms with Gasteiger partial charge in [0.15, 0.2) is 0 Å². The molecule has 9 heteroatoms. The molecule has 4 heterocycles. The Balaban J connectivity index is 1.48. The Kier molecular flexibility index (Phi) is 7.29. The molecule has 0 bridgehead atoms. The van der Waals surface area contributed by atoms with Crippen molar-refractivity contribution in [1.29, 1.82) is 0 Å². The number of phenols is 1. The molecule has 0 spiro atoms. The van der Waals surface area contributed by atoms with E-state index >= 15 is 0 Å². The molecule has 2 aromatic heterocycles. The molecule has 0 radical (unpaired) electrons. The van der Waals surface area contributed by atoms with Crippen LogP contribution in [0.25, 0.3) is 11.0 Å². The molecular formula is C27H32F3N5O. The number of piperidine rings is 2. The highest BCUT2D eigenvalue weighted by molar-refractivity contribution is 5.90. The Hall–Kier alpha value is -2.91. The zero-order chi connectivity index (χ0) is 25.1. The predicted molar refractivity (Wildman–Crippen MR) is 134 cm³/mol. The van der Waals surface area contributed by atoms with Crippen molar-refractivity contribution in [3.63, 3.8) is 0 Å². The van der Waals surface area contributed by atoms with Crippen LogP contribution in [0.15, 0.2) is 36.7 Å². The maximum Gasteiger partial charge on any atom is 0.417 e. The Morgan fingerprint density at radius 1 is 0.833 bits per heavy atom. The van der Waals surface area contributed by atoms with Crippen LogP contribution < -0.4 is 5.32 Å². The maximum absolute atomic E-state index is 13.2. The number of anilines is 2. The Labute approximate surface area is 209 Å². The van der Waals surface area contributed by atoms with E-state index in [-0.39, 0.29) is 11.3 Å². The number of halogens is 3. The number of nitrogens with zero attached hydrogens (tertiary/aromatic N) is 4. The highest BCUT2D eigenvalue weighted by Crippen LogP contribution is 2.36. The molecule has 0 unspecified atom stereocenters. The van der Waals surface area contributed by atoms with Gasteiger partial charge in [-0.25, -0.2) is 0 Å². The van der Waals surface area contributed by atoms with Crippen molar-refractivity contribution in [1.82, 2.24) is 19.8 Å². The number of aromatic nitrogens is 2. The van der Waals surface area contributed by atoms with Crippen molar-refractivity contribution >= 4 is 22.4 Å². The number of nitrogens with one attached hydrogen (secondary N) is 1. The average Bonchev–Trinajstić information content (AvgIpc) is 2.87. The number of hydrogen-bond acceptors (Lipinski definition) is 6. The van der Waals surface area contributed by atoms with Crippen LogP contribution in [0.3, 0.4) is 0 Å². The van der Waals surface area contributed by atoms with Crippen LogP contribution >= 0.6 is 0 Å². The molecule has 36 heavy (non-hydrogen) atoms. The van der Waals surface area contributed by atoms with Gasteiger partial charge in [0.25, 0.3) is 0 Å². The van der Waals surface area contributed by atoms with Gasteiger partial charge in [0.2, 0.25) is 0 Å². The van der Waals surface area contributed by atoms with E-state index in [1.54, 1.807) is 6.07 Å². The number of hydrogen-bond donors (Lipinski definition) is 2. The molecule has 2 aliphatic rings. The highest BCUT2D eigenvalue weighted by Gasteiger charge is 2.31. The van der Waals surface area contributed by atoms with Crippen molar-refractivity contribution in [2.24, 2.45) is 0 Å². The Bertz CT molecular complexity index is 1200. The van der Waals surface area contributed by atoms with Crippen molar-refractivity contribution in [2.45, 2.75) is 57.8 Å². The summed E-state index contributed by atoms with van der Waals surface area (Å²) in [7, 11) is 0. The summed E-state index contributed by atoms with van der Waals surface area (Å²) in [6.45, 7) is 5.61. The van der Waals surface area contributed by atoms with E-state index in [1.165, 1.54) is 31.9 Å². The Morgan fingerprint density at radius 3 is 2.17 bits per heavy atom. The highest BCUT2D eigenvalue weighted by atomic mass is 19.4. The first-order chi connectivity index (χ1) is 17.4. The molecule has 3 aromatic rings. The standard InChI is InChI=1S/C27H32F3N5O/c28-27(29,30)21-15-23-25(32-16-21)22(7-8-31-23)33-24-14-19(17-34-9-3-1-4-10-34)13-20(26(24)36)18-35-11-5-2-6-12-35/h7-8,13-16,36H,1-6,9-12,17-18H2,(H,31,33). The largest absolute Gasteiger partial charge is 0.505 e. The number of fused-ring (bicyclic) bond motifs is 1. The number of benzene rings is 1. The second-order valence-electron chi connectivity index (χ2n) is 9.90. The quantitative estimate of drug-likeness (QED) is 0.402. The van der Waals surface area contributed by atoms with E-state index < -0.39 is 11.7 Å². The summed E-state index contributed by atoms with van der Waals surface area (Å²) < 4.78 is 39.5. The van der Waals surface area contributed by atoms with E-state index in [9.17, 15) is 18.3 Å². The molecule has 0 saturated carbocycles. The van der Waals surface area contributed by atoms with Gasteiger partial charge in [-0.15, -0.1) is 0 Å². The van der Waals surface area contributed by atoms with E-state index in [2.05, 4.69) is 31.2 Å². The number of pyridine rings is 2. The van der Waals surface area contributed by atoms with Crippen LogP contribution in [0.4, 0.5) is 24.5 Å². The zero-order valence-corrected chi connectivity index (χ0v) is 20.3. The summed E-state index contributed by atoms with van der Waals surface area (Å²) in [5, 5.41) is 14.5. The fourth-order valence-corrected chi connectivity index (χ4v) is 5.23. The normalized spacial score (nSPS) is 18.0. The van der Waals surface area contributed by atoms with Crippen molar-refractivity contribution in [3.8, 4) is 5.75 Å². The lowest BCUT2D eigenvalue weighted by molar-refractivity contribution is -0.137. The van der Waals surface area contributed by atoms with E-state index in [1.807, 2.05) is 6.07 Å². The second-order valence-corrected chi connectivity index (χ2v) is 9.90. The minimum atomic E-state index is -4.49. The van der Waals surface area contributed by atoms with Gasteiger partial charge >= 0.3 is 6.18 Å². The van der Waals surface area contributed by atoms with Crippen LogP contribution in [-0.2, 0) is 19.3 Å². The molecule has 1 aromatic carbocycles. The minimum Gasteiger partial charge on any atom is -0.505 e.